The van der Waals surface area contributed by atoms with Crippen LogP contribution in [0.15, 0.2) is 12.1 Å². The summed E-state index contributed by atoms with van der Waals surface area (Å²) < 4.78 is 2.68. The van der Waals surface area contributed by atoms with Gasteiger partial charge in [-0.2, -0.15) is 5.10 Å². The molecular weight excluding hydrogens is 268 g/mol. The van der Waals surface area contributed by atoms with E-state index in [9.17, 15) is 0 Å². The second kappa shape index (κ2) is 5.20. The first-order chi connectivity index (χ1) is 8.52. The molecule has 0 saturated heterocycles. The van der Waals surface area contributed by atoms with Gasteiger partial charge in [0.1, 0.15) is 5.82 Å². The van der Waals surface area contributed by atoms with E-state index in [0.717, 1.165) is 22.4 Å². The largest absolute Gasteiger partial charge is 0.394 e. The van der Waals surface area contributed by atoms with Gasteiger partial charge in [-0.1, -0.05) is 11.6 Å². The van der Waals surface area contributed by atoms with Crippen LogP contribution in [0.4, 0.5) is 11.5 Å². The Morgan fingerprint density at radius 3 is 2.83 bits per heavy atom. The molecule has 2 heterocycles. The van der Waals surface area contributed by atoms with Gasteiger partial charge in [0, 0.05) is 11.4 Å². The number of hydrogen-bond donors (Lipinski definition) is 2. The smallest absolute Gasteiger partial charge is 0.148 e. The number of hydrogen-bond acceptors (Lipinski definition) is 4. The highest BCUT2D eigenvalue weighted by Crippen LogP contribution is 2.31. The third kappa shape index (κ3) is 2.47. The summed E-state index contributed by atoms with van der Waals surface area (Å²) in [5.41, 5.74) is 7.61. The Hall–Kier alpha value is -1.20. The fourth-order valence-electron chi connectivity index (χ4n) is 1.81. The van der Waals surface area contributed by atoms with Gasteiger partial charge < -0.3 is 11.1 Å². The van der Waals surface area contributed by atoms with E-state index in [1.54, 1.807) is 11.3 Å². The summed E-state index contributed by atoms with van der Waals surface area (Å²) in [6.07, 6.45) is 0. The molecule has 0 bridgehead atoms. The average Bonchev–Trinajstić information content (AvgIpc) is 2.88. The van der Waals surface area contributed by atoms with Crippen molar-refractivity contribution in [1.82, 2.24) is 9.78 Å². The van der Waals surface area contributed by atoms with Gasteiger partial charge in [-0.25, -0.2) is 4.68 Å². The second-order valence-electron chi connectivity index (χ2n) is 4.17. The fourth-order valence-corrected chi connectivity index (χ4v) is 2.88. The number of nitrogen functional groups attached to an aromatic ring is 1. The summed E-state index contributed by atoms with van der Waals surface area (Å²) in [7, 11) is 0. The number of nitrogens with one attached hydrogen (secondary N) is 1. The summed E-state index contributed by atoms with van der Waals surface area (Å²) in [5, 5.41) is 7.79. The lowest BCUT2D eigenvalue weighted by Gasteiger charge is -2.15. The Morgan fingerprint density at radius 2 is 2.28 bits per heavy atom. The van der Waals surface area contributed by atoms with Crippen LogP contribution >= 0.6 is 22.9 Å². The number of thiophene rings is 1. The van der Waals surface area contributed by atoms with Gasteiger partial charge >= 0.3 is 0 Å². The number of rotatable bonds is 4. The Labute approximate surface area is 116 Å². The van der Waals surface area contributed by atoms with Crippen LogP contribution in [0, 0.1) is 6.92 Å². The number of halogens is 1. The minimum atomic E-state index is 0.159. The van der Waals surface area contributed by atoms with Crippen molar-refractivity contribution in [2.45, 2.75) is 33.4 Å². The van der Waals surface area contributed by atoms with Crippen LogP contribution in [0.2, 0.25) is 4.34 Å². The van der Waals surface area contributed by atoms with Crippen molar-refractivity contribution in [3.63, 3.8) is 0 Å². The van der Waals surface area contributed by atoms with Crippen LogP contribution in [0.1, 0.15) is 30.5 Å². The summed E-state index contributed by atoms with van der Waals surface area (Å²) in [4.78, 5) is 1.18. The molecule has 3 N–H and O–H groups in total. The SMILES string of the molecule is CCn1nc(C)c(N)c1NC(C)c1ccc(Cl)s1. The van der Waals surface area contributed by atoms with Crippen LogP contribution in [0.25, 0.3) is 0 Å². The average molecular weight is 285 g/mol. The molecule has 0 aliphatic carbocycles. The molecule has 6 heteroatoms. The van der Waals surface area contributed by atoms with Crippen LogP contribution in [0.3, 0.4) is 0 Å². The van der Waals surface area contributed by atoms with Crippen molar-refractivity contribution in [2.75, 3.05) is 11.1 Å². The maximum Gasteiger partial charge on any atom is 0.148 e. The van der Waals surface area contributed by atoms with E-state index >= 15 is 0 Å². The Morgan fingerprint density at radius 1 is 1.56 bits per heavy atom. The molecule has 2 aromatic rings. The Bertz CT molecular complexity index is 546. The van der Waals surface area contributed by atoms with E-state index in [1.807, 2.05) is 30.7 Å². The third-order valence-corrected chi connectivity index (χ3v) is 4.26. The van der Waals surface area contributed by atoms with Crippen LogP contribution < -0.4 is 11.1 Å². The summed E-state index contributed by atoms with van der Waals surface area (Å²) >= 11 is 7.52. The zero-order valence-electron chi connectivity index (χ0n) is 10.7. The number of nitrogens with zero attached hydrogens (tertiary/aromatic N) is 2. The summed E-state index contributed by atoms with van der Waals surface area (Å²) in [6.45, 7) is 6.84. The van der Waals surface area contributed by atoms with E-state index < -0.39 is 0 Å². The highest BCUT2D eigenvalue weighted by molar-refractivity contribution is 7.16. The molecule has 2 rings (SSSR count). The van der Waals surface area contributed by atoms with E-state index in [-0.39, 0.29) is 6.04 Å². The number of nitrogens with two attached hydrogens (primary N) is 1. The van der Waals surface area contributed by atoms with Crippen molar-refractivity contribution in [1.29, 1.82) is 0 Å². The maximum absolute atomic E-state index is 6.04. The van der Waals surface area contributed by atoms with Crippen molar-refractivity contribution in [3.8, 4) is 0 Å². The first-order valence-electron chi connectivity index (χ1n) is 5.87. The quantitative estimate of drug-likeness (QED) is 0.900. The van der Waals surface area contributed by atoms with Crippen molar-refractivity contribution in [3.05, 3.63) is 27.0 Å². The van der Waals surface area contributed by atoms with Crippen molar-refractivity contribution in [2.24, 2.45) is 0 Å². The first-order valence-corrected chi connectivity index (χ1v) is 7.07. The van der Waals surface area contributed by atoms with Gasteiger partial charge in [-0.15, -0.1) is 11.3 Å². The maximum atomic E-state index is 6.04. The fraction of sp³-hybridized carbons (Fsp3) is 0.417. The molecule has 0 amide bonds. The van der Waals surface area contributed by atoms with E-state index in [4.69, 9.17) is 17.3 Å². The second-order valence-corrected chi connectivity index (χ2v) is 5.92. The Kier molecular flexibility index (Phi) is 3.82. The van der Waals surface area contributed by atoms with Gasteiger partial charge in [0.2, 0.25) is 0 Å². The van der Waals surface area contributed by atoms with E-state index in [2.05, 4.69) is 17.3 Å². The number of aromatic nitrogens is 2. The number of aryl methyl sites for hydroxylation is 2. The van der Waals surface area contributed by atoms with Crippen LogP contribution in [-0.2, 0) is 6.54 Å². The van der Waals surface area contributed by atoms with Gasteiger partial charge in [-0.05, 0) is 32.9 Å². The predicted molar refractivity (Wildman–Crippen MR) is 78.4 cm³/mol. The summed E-state index contributed by atoms with van der Waals surface area (Å²) in [5.74, 6) is 0.882. The number of anilines is 2. The molecule has 0 saturated carbocycles. The molecule has 1 unspecified atom stereocenters. The molecule has 0 radical (unpaired) electrons. The third-order valence-electron chi connectivity index (χ3n) is 2.85. The predicted octanol–water partition coefficient (Wildman–Crippen LogP) is 3.68. The molecule has 0 fully saturated rings. The van der Waals surface area contributed by atoms with Gasteiger partial charge in [0.05, 0.1) is 21.8 Å². The highest BCUT2D eigenvalue weighted by atomic mass is 35.5. The lowest BCUT2D eigenvalue weighted by molar-refractivity contribution is 0.652. The molecule has 0 aromatic carbocycles. The first kappa shape index (κ1) is 13.2. The minimum Gasteiger partial charge on any atom is -0.394 e. The van der Waals surface area contributed by atoms with Crippen molar-refractivity contribution < 1.29 is 0 Å². The standard InChI is InChI=1S/C12H17ClN4S/c1-4-17-12(11(14)8(3)16-17)15-7(2)9-5-6-10(13)18-9/h5-7,15H,4,14H2,1-3H3. The topological polar surface area (TPSA) is 55.9 Å². The Balaban J connectivity index is 2.23. The van der Waals surface area contributed by atoms with E-state index in [0.29, 0.717) is 5.69 Å². The molecule has 18 heavy (non-hydrogen) atoms. The monoisotopic (exact) mass is 284 g/mol. The molecule has 4 nitrogen and oxygen atoms in total. The van der Waals surface area contributed by atoms with E-state index in [1.165, 1.54) is 4.88 Å². The highest BCUT2D eigenvalue weighted by Gasteiger charge is 2.15. The van der Waals surface area contributed by atoms with Gasteiger partial charge in [0.25, 0.3) is 0 Å². The zero-order valence-corrected chi connectivity index (χ0v) is 12.3. The molecule has 0 spiro atoms. The van der Waals surface area contributed by atoms with Crippen LogP contribution in [0.5, 0.6) is 0 Å². The lowest BCUT2D eigenvalue weighted by atomic mass is 10.2. The van der Waals surface area contributed by atoms with Gasteiger partial charge in [-0.3, -0.25) is 0 Å². The minimum absolute atomic E-state index is 0.159. The zero-order chi connectivity index (χ0) is 13.3. The molecule has 0 aliphatic heterocycles. The molecule has 98 valence electrons. The van der Waals surface area contributed by atoms with Crippen LogP contribution in [-0.4, -0.2) is 9.78 Å². The molecular formula is C12H17ClN4S. The van der Waals surface area contributed by atoms with Gasteiger partial charge in [0.15, 0.2) is 0 Å². The summed E-state index contributed by atoms with van der Waals surface area (Å²) in [6, 6.07) is 4.09. The molecule has 1 atom stereocenters. The van der Waals surface area contributed by atoms with Crippen molar-refractivity contribution >= 4 is 34.4 Å². The normalized spacial score (nSPS) is 12.7. The molecule has 0 aliphatic rings. The molecule has 2 aromatic heterocycles. The lowest BCUT2D eigenvalue weighted by Crippen LogP contribution is -2.11.